The van der Waals surface area contributed by atoms with Gasteiger partial charge >= 0.3 is 0 Å². The van der Waals surface area contributed by atoms with Crippen molar-refractivity contribution in [3.63, 3.8) is 0 Å². The Balaban J connectivity index is 1.49. The standard InChI is InChI=1S/C17H22F2N4O2/c1-11(16(18)19)17(25)23-8-12-6-22(7-13(12)9-23)15(24)4-3-14-5-20-10-21(14)2/h5,10-11,16H,3-4,6-9H2,1-2H3. The monoisotopic (exact) mass is 352 g/mol. The summed E-state index contributed by atoms with van der Waals surface area (Å²) in [5.74, 6) is -1.73. The Morgan fingerprint density at radius 3 is 2.28 bits per heavy atom. The molecule has 0 N–H and O–H groups in total. The summed E-state index contributed by atoms with van der Waals surface area (Å²) in [5, 5.41) is 0. The maximum absolute atomic E-state index is 12.7. The van der Waals surface area contributed by atoms with Crippen LogP contribution in [-0.4, -0.2) is 63.8 Å². The SMILES string of the molecule is CC(C(=O)N1CC2=C(CN(C(=O)CCc3cncn3C)C2)C1)C(F)F. The first-order chi connectivity index (χ1) is 11.9. The van der Waals surface area contributed by atoms with Crippen LogP contribution in [-0.2, 0) is 23.1 Å². The van der Waals surface area contributed by atoms with E-state index in [1.165, 1.54) is 11.8 Å². The van der Waals surface area contributed by atoms with Crippen LogP contribution in [0.15, 0.2) is 23.7 Å². The number of imidazole rings is 1. The smallest absolute Gasteiger partial charge is 0.249 e. The molecule has 0 aliphatic carbocycles. The Bertz CT molecular complexity index is 695. The maximum Gasteiger partial charge on any atom is 0.249 e. The van der Waals surface area contributed by atoms with Crippen LogP contribution in [0.1, 0.15) is 19.0 Å². The van der Waals surface area contributed by atoms with E-state index in [0.717, 1.165) is 16.8 Å². The number of nitrogens with zero attached hydrogens (tertiary/aromatic N) is 4. The summed E-state index contributed by atoms with van der Waals surface area (Å²) in [5.41, 5.74) is 3.04. The van der Waals surface area contributed by atoms with Crippen LogP contribution in [0.2, 0.25) is 0 Å². The molecule has 3 heterocycles. The molecular weight excluding hydrogens is 330 g/mol. The van der Waals surface area contributed by atoms with Gasteiger partial charge in [0.2, 0.25) is 18.2 Å². The summed E-state index contributed by atoms with van der Waals surface area (Å²) in [6, 6.07) is 0. The van der Waals surface area contributed by atoms with Crippen molar-refractivity contribution in [1.82, 2.24) is 19.4 Å². The minimum Gasteiger partial charge on any atom is -0.338 e. The first kappa shape index (κ1) is 17.6. The van der Waals surface area contributed by atoms with Crippen molar-refractivity contribution >= 4 is 11.8 Å². The Morgan fingerprint density at radius 1 is 1.16 bits per heavy atom. The van der Waals surface area contributed by atoms with Crippen molar-refractivity contribution in [3.8, 4) is 0 Å². The summed E-state index contributed by atoms with van der Waals surface area (Å²) in [6.07, 6.45) is 1.85. The average Bonchev–Trinajstić information content (AvgIpc) is 3.25. The van der Waals surface area contributed by atoms with Gasteiger partial charge in [-0.1, -0.05) is 0 Å². The summed E-state index contributed by atoms with van der Waals surface area (Å²) >= 11 is 0. The highest BCUT2D eigenvalue weighted by Gasteiger charge is 2.36. The van der Waals surface area contributed by atoms with E-state index in [1.54, 1.807) is 17.4 Å². The Labute approximate surface area is 145 Å². The second kappa shape index (κ2) is 6.93. The molecule has 6 nitrogen and oxygen atoms in total. The van der Waals surface area contributed by atoms with Crippen LogP contribution in [0.25, 0.3) is 0 Å². The summed E-state index contributed by atoms with van der Waals surface area (Å²) in [4.78, 5) is 31.7. The minimum atomic E-state index is -2.65. The van der Waals surface area contributed by atoms with Gasteiger partial charge in [-0.25, -0.2) is 13.8 Å². The highest BCUT2D eigenvalue weighted by atomic mass is 19.3. The lowest BCUT2D eigenvalue weighted by Gasteiger charge is -2.25. The van der Waals surface area contributed by atoms with E-state index >= 15 is 0 Å². The molecule has 1 unspecified atom stereocenters. The van der Waals surface area contributed by atoms with E-state index in [1.807, 2.05) is 11.6 Å². The lowest BCUT2D eigenvalue weighted by molar-refractivity contribution is -0.138. The van der Waals surface area contributed by atoms with Gasteiger partial charge in [-0.05, 0) is 24.5 Å². The second-order valence-corrected chi connectivity index (χ2v) is 6.77. The third kappa shape index (κ3) is 3.57. The molecule has 0 radical (unpaired) electrons. The van der Waals surface area contributed by atoms with Crippen LogP contribution in [0.4, 0.5) is 8.78 Å². The normalized spacial score (nSPS) is 18.3. The van der Waals surface area contributed by atoms with Crippen molar-refractivity contribution in [2.75, 3.05) is 26.2 Å². The second-order valence-electron chi connectivity index (χ2n) is 6.77. The highest BCUT2D eigenvalue weighted by molar-refractivity contribution is 5.81. The van der Waals surface area contributed by atoms with Crippen molar-refractivity contribution in [2.45, 2.75) is 26.2 Å². The van der Waals surface area contributed by atoms with Gasteiger partial charge in [0.15, 0.2) is 0 Å². The van der Waals surface area contributed by atoms with Gasteiger partial charge in [-0.2, -0.15) is 0 Å². The van der Waals surface area contributed by atoms with E-state index in [2.05, 4.69) is 4.98 Å². The topological polar surface area (TPSA) is 58.4 Å². The number of alkyl halides is 2. The average molecular weight is 352 g/mol. The lowest BCUT2D eigenvalue weighted by Crippen LogP contribution is -2.40. The largest absolute Gasteiger partial charge is 0.338 e. The molecule has 0 bridgehead atoms. The number of hydrogen-bond acceptors (Lipinski definition) is 3. The predicted octanol–water partition coefficient (Wildman–Crippen LogP) is 1.23. The number of aromatic nitrogens is 2. The van der Waals surface area contributed by atoms with Crippen molar-refractivity contribution in [3.05, 3.63) is 29.4 Å². The molecule has 0 aromatic carbocycles. The summed E-state index contributed by atoms with van der Waals surface area (Å²) in [6.45, 7) is 2.96. The van der Waals surface area contributed by atoms with Crippen LogP contribution >= 0.6 is 0 Å². The Morgan fingerprint density at radius 2 is 1.76 bits per heavy atom. The van der Waals surface area contributed by atoms with Crippen LogP contribution in [0.3, 0.4) is 0 Å². The number of rotatable bonds is 5. The molecule has 2 aliphatic heterocycles. The molecule has 1 aromatic heterocycles. The molecule has 0 spiro atoms. The van der Waals surface area contributed by atoms with E-state index in [0.29, 0.717) is 39.0 Å². The number of aryl methyl sites for hydroxylation is 2. The fourth-order valence-electron chi connectivity index (χ4n) is 3.33. The summed E-state index contributed by atoms with van der Waals surface area (Å²) in [7, 11) is 1.89. The zero-order chi connectivity index (χ0) is 18.1. The Hall–Kier alpha value is -2.25. The van der Waals surface area contributed by atoms with Crippen molar-refractivity contribution < 1.29 is 18.4 Å². The molecule has 2 amide bonds. The highest BCUT2D eigenvalue weighted by Crippen LogP contribution is 2.28. The molecule has 1 aromatic rings. The fraction of sp³-hybridized carbons (Fsp3) is 0.588. The molecule has 0 saturated carbocycles. The first-order valence-electron chi connectivity index (χ1n) is 8.36. The van der Waals surface area contributed by atoms with E-state index in [-0.39, 0.29) is 5.91 Å². The lowest BCUT2D eigenvalue weighted by atomic mass is 10.1. The minimum absolute atomic E-state index is 0.0643. The van der Waals surface area contributed by atoms with Crippen LogP contribution in [0, 0.1) is 5.92 Å². The van der Waals surface area contributed by atoms with Gasteiger partial charge in [0, 0.05) is 51.5 Å². The van der Waals surface area contributed by atoms with Gasteiger partial charge < -0.3 is 14.4 Å². The third-order valence-corrected chi connectivity index (χ3v) is 4.97. The van der Waals surface area contributed by atoms with Gasteiger partial charge in [-0.3, -0.25) is 9.59 Å². The Kier molecular flexibility index (Phi) is 4.87. The van der Waals surface area contributed by atoms with E-state index < -0.39 is 18.3 Å². The molecule has 8 heteroatoms. The maximum atomic E-state index is 12.7. The molecule has 1 atom stereocenters. The summed E-state index contributed by atoms with van der Waals surface area (Å²) < 4.78 is 27.3. The molecule has 0 fully saturated rings. The molecular formula is C17H22F2N4O2. The molecule has 136 valence electrons. The zero-order valence-electron chi connectivity index (χ0n) is 14.4. The van der Waals surface area contributed by atoms with Crippen molar-refractivity contribution in [1.29, 1.82) is 0 Å². The number of hydrogen-bond donors (Lipinski definition) is 0. The fourth-order valence-corrected chi connectivity index (χ4v) is 3.33. The molecule has 25 heavy (non-hydrogen) atoms. The van der Waals surface area contributed by atoms with Crippen LogP contribution < -0.4 is 0 Å². The third-order valence-electron chi connectivity index (χ3n) is 4.97. The van der Waals surface area contributed by atoms with Gasteiger partial charge in [0.25, 0.3) is 0 Å². The van der Waals surface area contributed by atoms with Crippen LogP contribution in [0.5, 0.6) is 0 Å². The molecule has 2 aliphatic rings. The number of carbonyl (C=O) groups excluding carboxylic acids is 2. The molecule has 3 rings (SSSR count). The number of carbonyl (C=O) groups is 2. The number of halogens is 2. The van der Waals surface area contributed by atoms with Crippen molar-refractivity contribution in [2.24, 2.45) is 13.0 Å². The van der Waals surface area contributed by atoms with Gasteiger partial charge in [0.05, 0.1) is 12.2 Å². The van der Waals surface area contributed by atoms with E-state index in [4.69, 9.17) is 0 Å². The quantitative estimate of drug-likeness (QED) is 0.749. The van der Waals surface area contributed by atoms with Gasteiger partial charge in [-0.15, -0.1) is 0 Å². The number of amides is 2. The van der Waals surface area contributed by atoms with E-state index in [9.17, 15) is 18.4 Å². The van der Waals surface area contributed by atoms with Gasteiger partial charge in [0.1, 0.15) is 0 Å². The zero-order valence-corrected chi connectivity index (χ0v) is 14.4. The molecule has 0 saturated heterocycles. The first-order valence-corrected chi connectivity index (χ1v) is 8.36. The predicted molar refractivity (Wildman–Crippen MR) is 86.9 cm³/mol.